The van der Waals surface area contributed by atoms with Crippen molar-refractivity contribution in [3.63, 3.8) is 0 Å². The highest BCUT2D eigenvalue weighted by Gasteiger charge is 2.54. The first-order valence-electron chi connectivity index (χ1n) is 14.9. The number of ether oxygens (including phenoxy) is 2. The molecule has 0 aliphatic carbocycles. The predicted octanol–water partition coefficient (Wildman–Crippen LogP) is 6.50. The van der Waals surface area contributed by atoms with E-state index in [0.29, 0.717) is 53.7 Å². The Morgan fingerprint density at radius 2 is 1.48 bits per heavy atom. The van der Waals surface area contributed by atoms with E-state index < -0.39 is 41.4 Å². The summed E-state index contributed by atoms with van der Waals surface area (Å²) in [4.78, 5) is 32.6. The molecule has 4 heterocycles. The van der Waals surface area contributed by atoms with E-state index in [4.69, 9.17) is 18.8 Å². The maximum atomic E-state index is 16.7. The molecule has 0 spiro atoms. The molecule has 0 aromatic carbocycles. The van der Waals surface area contributed by atoms with Crippen LogP contribution in [0.4, 0.5) is 14.0 Å². The molecule has 42 heavy (non-hydrogen) atoms. The highest BCUT2D eigenvalue weighted by Crippen LogP contribution is 2.40. The Labute approximate surface area is 249 Å². The van der Waals surface area contributed by atoms with Gasteiger partial charge in [0, 0.05) is 24.4 Å². The van der Waals surface area contributed by atoms with E-state index in [1.165, 1.54) is 4.57 Å². The first-order chi connectivity index (χ1) is 19.1. The molecule has 0 bridgehead atoms. The third-order valence-electron chi connectivity index (χ3n) is 8.22. The minimum atomic E-state index is -0.924. The van der Waals surface area contributed by atoms with Gasteiger partial charge in [0.15, 0.2) is 5.82 Å². The smallest absolute Gasteiger partial charge is 0.444 e. The van der Waals surface area contributed by atoms with Crippen LogP contribution >= 0.6 is 0 Å². The van der Waals surface area contributed by atoms with Gasteiger partial charge in [-0.15, -0.1) is 0 Å². The Balaban J connectivity index is 1.81. The number of carbonyl (C=O) groups excluding carboxylic acids is 2. The standard InChI is InChI=1S/C31H47BFN3O6/c1-18(2)21-22-20(17-34-24(23(22)33)19-13-15-35(16-14-19)26(37)39-28(3,4)5)36(27(38)40-29(6,7)8)25(21)32-41-30(9,10)31(11,12)42-32/h17-19H,13-16H2,1-12H3. The number of halogens is 1. The van der Waals surface area contributed by atoms with Crippen molar-refractivity contribution in [1.82, 2.24) is 14.5 Å². The zero-order valence-corrected chi connectivity index (χ0v) is 27.3. The van der Waals surface area contributed by atoms with Crippen molar-refractivity contribution in [2.75, 3.05) is 13.1 Å². The first kappa shape index (κ1) is 32.3. The number of aromatic nitrogens is 2. The number of pyridine rings is 1. The minimum Gasteiger partial charge on any atom is -0.444 e. The van der Waals surface area contributed by atoms with Crippen LogP contribution in [0.3, 0.4) is 0 Å². The quantitative estimate of drug-likeness (QED) is 0.379. The maximum Gasteiger partial charge on any atom is 0.513 e. The molecule has 9 nitrogen and oxygen atoms in total. The molecule has 2 aromatic heterocycles. The summed E-state index contributed by atoms with van der Waals surface area (Å²) in [5, 5.41) is 0.320. The van der Waals surface area contributed by atoms with Gasteiger partial charge in [0.25, 0.3) is 0 Å². The molecule has 2 aliphatic heterocycles. The van der Waals surface area contributed by atoms with Gasteiger partial charge in [-0.3, -0.25) is 9.55 Å². The average molecular weight is 588 g/mol. The molecule has 232 valence electrons. The van der Waals surface area contributed by atoms with Gasteiger partial charge in [0.1, 0.15) is 11.2 Å². The van der Waals surface area contributed by atoms with Crippen molar-refractivity contribution in [3.05, 3.63) is 23.3 Å². The summed E-state index contributed by atoms with van der Waals surface area (Å²) in [5.41, 5.74) is -1.04. The Kier molecular flexibility index (Phi) is 8.30. The van der Waals surface area contributed by atoms with Crippen LogP contribution in [0.25, 0.3) is 10.9 Å². The van der Waals surface area contributed by atoms with Crippen molar-refractivity contribution in [2.24, 2.45) is 0 Å². The molecule has 2 fully saturated rings. The largest absolute Gasteiger partial charge is 0.513 e. The molecule has 1 amide bonds. The minimum absolute atomic E-state index is 0.177. The average Bonchev–Trinajstić information content (AvgIpc) is 3.28. The number of fused-ring (bicyclic) bond motifs is 1. The number of rotatable bonds is 3. The monoisotopic (exact) mass is 587 g/mol. The Morgan fingerprint density at radius 1 is 0.976 bits per heavy atom. The predicted molar refractivity (Wildman–Crippen MR) is 161 cm³/mol. The third-order valence-corrected chi connectivity index (χ3v) is 8.22. The topological polar surface area (TPSA) is 92.1 Å². The molecule has 4 rings (SSSR count). The van der Waals surface area contributed by atoms with E-state index in [1.807, 2.05) is 62.3 Å². The second-order valence-electron chi connectivity index (χ2n) is 14.8. The van der Waals surface area contributed by atoms with Gasteiger partial charge < -0.3 is 23.7 Å². The number of piperidine rings is 1. The number of hydrogen-bond acceptors (Lipinski definition) is 7. The first-order valence-corrected chi connectivity index (χ1v) is 14.9. The van der Waals surface area contributed by atoms with E-state index in [-0.39, 0.29) is 17.9 Å². The summed E-state index contributed by atoms with van der Waals surface area (Å²) in [6.07, 6.45) is 1.63. The van der Waals surface area contributed by atoms with Gasteiger partial charge in [-0.2, -0.15) is 0 Å². The number of hydrogen-bond donors (Lipinski definition) is 0. The molecular weight excluding hydrogens is 540 g/mol. The molecule has 2 aromatic rings. The number of nitrogens with zero attached hydrogens (tertiary/aromatic N) is 3. The van der Waals surface area contributed by atoms with E-state index in [0.717, 1.165) is 0 Å². The molecule has 0 atom stereocenters. The van der Waals surface area contributed by atoms with Crippen LogP contribution in [-0.2, 0) is 18.8 Å². The van der Waals surface area contributed by atoms with Crippen molar-refractivity contribution in [3.8, 4) is 0 Å². The van der Waals surface area contributed by atoms with Gasteiger partial charge in [-0.25, -0.2) is 14.0 Å². The van der Waals surface area contributed by atoms with Gasteiger partial charge in [-0.1, -0.05) is 13.8 Å². The number of amides is 1. The molecular formula is C31H47BFN3O6. The molecule has 0 N–H and O–H groups in total. The fourth-order valence-electron chi connectivity index (χ4n) is 5.52. The SMILES string of the molecule is CC(C)c1c(B2OC(C)(C)C(C)(C)O2)n(C(=O)OC(C)(C)C)c2cnc(C3CCN(C(=O)OC(C)(C)C)CC3)c(F)c12. The van der Waals surface area contributed by atoms with Crippen molar-refractivity contribution < 1.29 is 32.8 Å². The van der Waals surface area contributed by atoms with Crippen LogP contribution in [0.2, 0.25) is 0 Å². The fraction of sp³-hybridized carbons (Fsp3) is 0.710. The molecule has 0 unspecified atom stereocenters. The molecule has 0 saturated carbocycles. The van der Waals surface area contributed by atoms with Gasteiger partial charge >= 0.3 is 19.3 Å². The highest BCUT2D eigenvalue weighted by molar-refractivity contribution is 6.63. The van der Waals surface area contributed by atoms with Crippen LogP contribution < -0.4 is 5.59 Å². The molecule has 2 aliphatic rings. The van der Waals surface area contributed by atoms with Crippen LogP contribution in [0.15, 0.2) is 6.20 Å². The summed E-state index contributed by atoms with van der Waals surface area (Å²) in [6.45, 7) is 23.4. The Bertz CT molecular complexity index is 1350. The Hall–Kier alpha value is -2.66. The second-order valence-corrected chi connectivity index (χ2v) is 14.8. The van der Waals surface area contributed by atoms with Gasteiger partial charge in [-0.05, 0) is 93.6 Å². The molecule has 0 radical (unpaired) electrons. The van der Waals surface area contributed by atoms with Crippen molar-refractivity contribution in [2.45, 2.75) is 130 Å². The van der Waals surface area contributed by atoms with Crippen LogP contribution in [0, 0.1) is 5.82 Å². The lowest BCUT2D eigenvalue weighted by molar-refractivity contribution is 0.00578. The number of likely N-dealkylation sites (tertiary alicyclic amines) is 1. The lowest BCUT2D eigenvalue weighted by atomic mass is 9.78. The zero-order chi connectivity index (χ0) is 31.6. The highest BCUT2D eigenvalue weighted by atomic mass is 19.1. The maximum absolute atomic E-state index is 16.7. The third kappa shape index (κ3) is 6.18. The normalized spacial score (nSPS) is 19.6. The Morgan fingerprint density at radius 3 is 1.95 bits per heavy atom. The van der Waals surface area contributed by atoms with Crippen LogP contribution in [0.1, 0.15) is 119 Å². The van der Waals surface area contributed by atoms with E-state index in [9.17, 15) is 9.59 Å². The second kappa shape index (κ2) is 10.8. The van der Waals surface area contributed by atoms with E-state index >= 15 is 4.39 Å². The van der Waals surface area contributed by atoms with Gasteiger partial charge in [0.2, 0.25) is 0 Å². The summed E-state index contributed by atoms with van der Waals surface area (Å²) in [6, 6.07) is 0. The van der Waals surface area contributed by atoms with E-state index in [2.05, 4.69) is 4.98 Å². The summed E-state index contributed by atoms with van der Waals surface area (Å²) in [7, 11) is -0.924. The molecule has 2 saturated heterocycles. The van der Waals surface area contributed by atoms with E-state index in [1.54, 1.807) is 31.9 Å². The lowest BCUT2D eigenvalue weighted by Crippen LogP contribution is -2.45. The lowest BCUT2D eigenvalue weighted by Gasteiger charge is -2.33. The fourth-order valence-corrected chi connectivity index (χ4v) is 5.52. The molecule has 11 heteroatoms. The van der Waals surface area contributed by atoms with Crippen LogP contribution in [0.5, 0.6) is 0 Å². The van der Waals surface area contributed by atoms with Crippen LogP contribution in [-0.4, -0.2) is 69.2 Å². The van der Waals surface area contributed by atoms with Crippen molar-refractivity contribution in [1.29, 1.82) is 0 Å². The summed E-state index contributed by atoms with van der Waals surface area (Å²) in [5.74, 6) is -0.839. The number of carbonyl (C=O) groups is 2. The zero-order valence-electron chi connectivity index (χ0n) is 27.3. The van der Waals surface area contributed by atoms with Crippen molar-refractivity contribution >= 4 is 35.8 Å². The summed E-state index contributed by atoms with van der Waals surface area (Å²) < 4.78 is 42.2. The summed E-state index contributed by atoms with van der Waals surface area (Å²) >= 11 is 0. The van der Waals surface area contributed by atoms with Gasteiger partial charge in [0.05, 0.1) is 34.2 Å².